The van der Waals surface area contributed by atoms with Crippen molar-refractivity contribution in [1.29, 1.82) is 0 Å². The molecular formula is C6H11NO5. The molecule has 1 saturated heterocycles. The fourth-order valence-electron chi connectivity index (χ4n) is 1.09. The molecule has 5 N–H and O–H groups in total. The van der Waals surface area contributed by atoms with Crippen molar-refractivity contribution in [3.05, 3.63) is 0 Å². The van der Waals surface area contributed by atoms with Crippen LogP contribution in [0.4, 0.5) is 0 Å². The van der Waals surface area contributed by atoms with Gasteiger partial charge in [0.1, 0.15) is 12.2 Å². The van der Waals surface area contributed by atoms with Gasteiger partial charge in [0.2, 0.25) is 0 Å². The summed E-state index contributed by atoms with van der Waals surface area (Å²) in [6, 6.07) is -0.907. The minimum Gasteiger partial charge on any atom is -0.394 e. The molecule has 0 aliphatic carbocycles. The summed E-state index contributed by atoms with van der Waals surface area (Å²) < 4.78 is 0. The Kier molecular flexibility index (Phi) is 2.63. The van der Waals surface area contributed by atoms with Crippen LogP contribution < -0.4 is 5.32 Å². The Morgan fingerprint density at radius 1 is 1.25 bits per heavy atom. The maximum absolute atomic E-state index is 10.8. The molecular weight excluding hydrogens is 166 g/mol. The summed E-state index contributed by atoms with van der Waals surface area (Å²) in [5, 5.41) is 37.9. The second kappa shape index (κ2) is 3.36. The SMILES string of the molecule is O=C1N[C@H](CO)[C@H](O)[C@@H](O)[C@H]1O. The predicted octanol–water partition coefficient (Wildman–Crippen LogP) is -3.44. The van der Waals surface area contributed by atoms with Gasteiger partial charge in [-0.2, -0.15) is 0 Å². The molecule has 1 aliphatic rings. The Morgan fingerprint density at radius 2 is 1.83 bits per heavy atom. The summed E-state index contributed by atoms with van der Waals surface area (Å²) in [5.41, 5.74) is 0. The lowest BCUT2D eigenvalue weighted by molar-refractivity contribution is -0.155. The summed E-state index contributed by atoms with van der Waals surface area (Å²) >= 11 is 0. The van der Waals surface area contributed by atoms with Crippen LogP contribution in [-0.2, 0) is 4.79 Å². The first-order valence-corrected chi connectivity index (χ1v) is 3.53. The zero-order valence-electron chi connectivity index (χ0n) is 6.21. The van der Waals surface area contributed by atoms with E-state index >= 15 is 0 Å². The molecule has 0 unspecified atom stereocenters. The van der Waals surface area contributed by atoms with E-state index in [4.69, 9.17) is 20.4 Å². The molecule has 1 rings (SSSR count). The lowest BCUT2D eigenvalue weighted by Gasteiger charge is -2.34. The van der Waals surface area contributed by atoms with Crippen molar-refractivity contribution >= 4 is 5.91 Å². The number of piperidine rings is 1. The highest BCUT2D eigenvalue weighted by atomic mass is 16.4. The summed E-state index contributed by atoms with van der Waals surface area (Å²) in [5.74, 6) is -0.785. The van der Waals surface area contributed by atoms with Crippen molar-refractivity contribution < 1.29 is 25.2 Å². The van der Waals surface area contributed by atoms with Crippen LogP contribution in [0.1, 0.15) is 0 Å². The van der Waals surface area contributed by atoms with Crippen LogP contribution >= 0.6 is 0 Å². The van der Waals surface area contributed by atoms with Crippen LogP contribution in [0.15, 0.2) is 0 Å². The van der Waals surface area contributed by atoms with Gasteiger partial charge in [0, 0.05) is 0 Å². The molecule has 6 heteroatoms. The highest BCUT2D eigenvalue weighted by molar-refractivity contribution is 5.82. The summed E-state index contributed by atoms with van der Waals surface area (Å²) in [6.07, 6.45) is -4.48. The normalized spacial score (nSPS) is 42.5. The van der Waals surface area contributed by atoms with E-state index in [0.29, 0.717) is 0 Å². The molecule has 0 bridgehead atoms. The predicted molar refractivity (Wildman–Crippen MR) is 37.0 cm³/mol. The first-order chi connectivity index (χ1) is 5.57. The number of aliphatic hydroxyl groups excluding tert-OH is 4. The number of aliphatic hydroxyl groups is 4. The lowest BCUT2D eigenvalue weighted by atomic mass is 9.96. The summed E-state index contributed by atoms with van der Waals surface area (Å²) in [4.78, 5) is 10.8. The second-order valence-corrected chi connectivity index (χ2v) is 2.72. The minimum absolute atomic E-state index is 0.476. The van der Waals surface area contributed by atoms with Crippen LogP contribution in [0.3, 0.4) is 0 Å². The van der Waals surface area contributed by atoms with Crippen LogP contribution in [0, 0.1) is 0 Å². The van der Waals surface area contributed by atoms with Crippen molar-refractivity contribution in [2.24, 2.45) is 0 Å². The largest absolute Gasteiger partial charge is 0.394 e. The standard InChI is InChI=1S/C6H11NO5/c8-1-2-3(9)4(10)5(11)6(12)7-2/h2-5,8-11H,1H2,(H,7,12)/t2-,3+,4-,5-/m1/s1. The Morgan fingerprint density at radius 3 is 2.33 bits per heavy atom. The van der Waals surface area contributed by atoms with Gasteiger partial charge in [-0.05, 0) is 0 Å². The molecule has 12 heavy (non-hydrogen) atoms. The van der Waals surface area contributed by atoms with Crippen LogP contribution in [0.2, 0.25) is 0 Å². The third kappa shape index (κ3) is 1.42. The molecule has 0 radical (unpaired) electrons. The molecule has 1 fully saturated rings. The average molecular weight is 177 g/mol. The Hall–Kier alpha value is -0.690. The highest BCUT2D eigenvalue weighted by Gasteiger charge is 2.40. The quantitative estimate of drug-likeness (QED) is 0.286. The first-order valence-electron chi connectivity index (χ1n) is 3.53. The fraction of sp³-hybridized carbons (Fsp3) is 0.833. The smallest absolute Gasteiger partial charge is 0.252 e. The van der Waals surface area contributed by atoms with E-state index < -0.39 is 36.9 Å². The second-order valence-electron chi connectivity index (χ2n) is 2.72. The summed E-state index contributed by atoms with van der Waals surface area (Å²) in [7, 11) is 0. The molecule has 1 aliphatic heterocycles. The van der Waals surface area contributed by atoms with Gasteiger partial charge in [0.15, 0.2) is 6.10 Å². The van der Waals surface area contributed by atoms with Crippen LogP contribution in [0.25, 0.3) is 0 Å². The number of amides is 1. The van der Waals surface area contributed by atoms with Crippen molar-refractivity contribution in [2.75, 3.05) is 6.61 Å². The van der Waals surface area contributed by atoms with Gasteiger partial charge in [-0.3, -0.25) is 4.79 Å². The average Bonchev–Trinajstić information content (AvgIpc) is 2.08. The molecule has 1 heterocycles. The zero-order valence-corrected chi connectivity index (χ0v) is 6.21. The van der Waals surface area contributed by atoms with E-state index in [-0.39, 0.29) is 0 Å². The maximum Gasteiger partial charge on any atom is 0.252 e. The number of hydrogen-bond acceptors (Lipinski definition) is 5. The van der Waals surface area contributed by atoms with Gasteiger partial charge in [0.25, 0.3) is 5.91 Å². The molecule has 0 aromatic carbocycles. The first kappa shape index (κ1) is 9.40. The molecule has 0 saturated carbocycles. The minimum atomic E-state index is -1.62. The van der Waals surface area contributed by atoms with Crippen LogP contribution in [0.5, 0.6) is 0 Å². The monoisotopic (exact) mass is 177 g/mol. The van der Waals surface area contributed by atoms with Crippen molar-refractivity contribution in [1.82, 2.24) is 5.32 Å². The topological polar surface area (TPSA) is 110 Å². The number of carbonyl (C=O) groups excluding carboxylic acids is 1. The van der Waals surface area contributed by atoms with Crippen molar-refractivity contribution in [3.8, 4) is 0 Å². The van der Waals surface area contributed by atoms with Gasteiger partial charge in [-0.25, -0.2) is 0 Å². The maximum atomic E-state index is 10.8. The highest BCUT2D eigenvalue weighted by Crippen LogP contribution is 2.10. The Bertz CT molecular complexity index is 183. The molecule has 70 valence electrons. The van der Waals surface area contributed by atoms with Gasteiger partial charge in [-0.1, -0.05) is 0 Å². The number of rotatable bonds is 1. The van der Waals surface area contributed by atoms with E-state index in [1.165, 1.54) is 0 Å². The fourth-order valence-corrected chi connectivity index (χ4v) is 1.09. The number of nitrogens with one attached hydrogen (secondary N) is 1. The van der Waals surface area contributed by atoms with E-state index in [2.05, 4.69) is 5.32 Å². The number of hydrogen-bond donors (Lipinski definition) is 5. The molecule has 4 atom stereocenters. The van der Waals surface area contributed by atoms with Gasteiger partial charge in [-0.15, -0.1) is 0 Å². The molecule has 0 aromatic heterocycles. The van der Waals surface area contributed by atoms with Crippen LogP contribution in [-0.4, -0.2) is 57.3 Å². The third-order valence-corrected chi connectivity index (χ3v) is 1.88. The van der Waals surface area contributed by atoms with E-state index in [9.17, 15) is 4.79 Å². The molecule has 1 amide bonds. The van der Waals surface area contributed by atoms with E-state index in [0.717, 1.165) is 0 Å². The van der Waals surface area contributed by atoms with E-state index in [1.54, 1.807) is 0 Å². The van der Waals surface area contributed by atoms with Gasteiger partial charge >= 0.3 is 0 Å². The number of carbonyl (C=O) groups is 1. The van der Waals surface area contributed by atoms with Gasteiger partial charge in [0.05, 0.1) is 12.6 Å². The summed E-state index contributed by atoms with van der Waals surface area (Å²) in [6.45, 7) is -0.476. The molecule has 0 aromatic rings. The lowest BCUT2D eigenvalue weighted by Crippen LogP contribution is -2.63. The molecule has 0 spiro atoms. The third-order valence-electron chi connectivity index (χ3n) is 1.88. The van der Waals surface area contributed by atoms with E-state index in [1.807, 2.05) is 0 Å². The Labute approximate surface area is 68.4 Å². The Balaban J connectivity index is 2.70. The molecule has 6 nitrogen and oxygen atoms in total. The zero-order chi connectivity index (χ0) is 9.30. The van der Waals surface area contributed by atoms with Crippen molar-refractivity contribution in [2.45, 2.75) is 24.4 Å². The van der Waals surface area contributed by atoms with Gasteiger partial charge < -0.3 is 25.7 Å². The van der Waals surface area contributed by atoms with Crippen molar-refractivity contribution in [3.63, 3.8) is 0 Å².